The van der Waals surface area contributed by atoms with Gasteiger partial charge in [-0.1, -0.05) is 34.1 Å². The Hall–Kier alpha value is -1.09. The molecule has 1 atom stereocenters. The smallest absolute Gasteiger partial charge is 0.244 e. The van der Waals surface area contributed by atoms with E-state index < -0.39 is 0 Å². The van der Waals surface area contributed by atoms with E-state index in [0.717, 1.165) is 10.0 Å². The maximum absolute atomic E-state index is 11.3. The van der Waals surface area contributed by atoms with Gasteiger partial charge in [0.1, 0.15) is 0 Å². The molecule has 1 amide bonds. The van der Waals surface area contributed by atoms with Crippen molar-refractivity contribution in [2.75, 3.05) is 0 Å². The van der Waals surface area contributed by atoms with E-state index in [0.29, 0.717) is 0 Å². The van der Waals surface area contributed by atoms with Crippen LogP contribution in [0.2, 0.25) is 0 Å². The summed E-state index contributed by atoms with van der Waals surface area (Å²) in [6, 6.07) is 7.93. The van der Waals surface area contributed by atoms with Gasteiger partial charge in [0.15, 0.2) is 0 Å². The first-order valence-corrected chi connectivity index (χ1v) is 5.61. The fourth-order valence-corrected chi connectivity index (χ4v) is 1.69. The van der Waals surface area contributed by atoms with E-state index >= 15 is 0 Å². The molecule has 0 aromatic heterocycles. The Kier molecular flexibility index (Phi) is 4.56. The molecular weight excluding hydrogens is 254 g/mol. The molecule has 0 spiro atoms. The van der Waals surface area contributed by atoms with Crippen LogP contribution in [-0.4, -0.2) is 5.91 Å². The fraction of sp³-hybridized carbons (Fsp3) is 0.250. The zero-order chi connectivity index (χ0) is 11.3. The summed E-state index contributed by atoms with van der Waals surface area (Å²) in [5.74, 6) is -0.0648. The van der Waals surface area contributed by atoms with Crippen LogP contribution in [0.25, 0.3) is 0 Å². The van der Waals surface area contributed by atoms with Gasteiger partial charge in [-0.05, 0) is 37.6 Å². The molecule has 0 aliphatic rings. The molecule has 1 aromatic rings. The van der Waals surface area contributed by atoms with Gasteiger partial charge in [0.25, 0.3) is 0 Å². The van der Waals surface area contributed by atoms with Crippen molar-refractivity contribution in [1.29, 1.82) is 0 Å². The summed E-state index contributed by atoms with van der Waals surface area (Å²) in [7, 11) is 0. The molecule has 1 rings (SSSR count). The average molecular weight is 268 g/mol. The summed E-state index contributed by atoms with van der Waals surface area (Å²) < 4.78 is 1.02. The molecule has 0 saturated carbocycles. The van der Waals surface area contributed by atoms with E-state index in [2.05, 4.69) is 21.2 Å². The molecule has 0 aliphatic carbocycles. The third kappa shape index (κ3) is 3.88. The monoisotopic (exact) mass is 267 g/mol. The second-order valence-corrected chi connectivity index (χ2v) is 4.20. The molecule has 1 aromatic carbocycles. The largest absolute Gasteiger partial charge is 0.346 e. The Morgan fingerprint density at radius 1 is 1.53 bits per heavy atom. The second-order valence-electron chi connectivity index (χ2n) is 3.29. The summed E-state index contributed by atoms with van der Waals surface area (Å²) in [4.78, 5) is 11.3. The number of hydrogen-bond acceptors (Lipinski definition) is 1. The Morgan fingerprint density at radius 3 is 2.87 bits per heavy atom. The van der Waals surface area contributed by atoms with Crippen LogP contribution >= 0.6 is 15.9 Å². The minimum absolute atomic E-state index is 0.0196. The van der Waals surface area contributed by atoms with Crippen molar-refractivity contribution in [3.63, 3.8) is 0 Å². The predicted octanol–water partition coefficient (Wildman–Crippen LogP) is 3.20. The Bertz CT molecular complexity index is 374. The van der Waals surface area contributed by atoms with Crippen molar-refractivity contribution in [1.82, 2.24) is 5.32 Å². The number of nitrogens with one attached hydrogen (secondary N) is 1. The average Bonchev–Trinajstić information content (AvgIpc) is 2.18. The van der Waals surface area contributed by atoms with Crippen molar-refractivity contribution < 1.29 is 4.79 Å². The summed E-state index contributed by atoms with van der Waals surface area (Å²) in [5.41, 5.74) is 1.09. The number of carbonyl (C=O) groups excluding carboxylic acids is 1. The van der Waals surface area contributed by atoms with Crippen LogP contribution < -0.4 is 5.32 Å². The number of hydrogen-bond donors (Lipinski definition) is 1. The van der Waals surface area contributed by atoms with Gasteiger partial charge in [0, 0.05) is 4.47 Å². The first-order valence-electron chi connectivity index (χ1n) is 4.82. The first-order chi connectivity index (χ1) is 7.13. The van der Waals surface area contributed by atoms with Crippen LogP contribution in [0, 0.1) is 0 Å². The lowest BCUT2D eigenvalue weighted by Crippen LogP contribution is -2.24. The van der Waals surface area contributed by atoms with Crippen LogP contribution in [0.4, 0.5) is 0 Å². The highest BCUT2D eigenvalue weighted by molar-refractivity contribution is 9.10. The lowest BCUT2D eigenvalue weighted by atomic mass is 10.1. The molecule has 2 nitrogen and oxygen atoms in total. The highest BCUT2D eigenvalue weighted by Gasteiger charge is 2.06. The van der Waals surface area contributed by atoms with E-state index in [1.165, 1.54) is 6.08 Å². The van der Waals surface area contributed by atoms with Crippen molar-refractivity contribution in [2.45, 2.75) is 19.9 Å². The van der Waals surface area contributed by atoms with Gasteiger partial charge in [0.05, 0.1) is 6.04 Å². The number of rotatable bonds is 3. The van der Waals surface area contributed by atoms with E-state index in [1.807, 2.05) is 38.1 Å². The summed E-state index contributed by atoms with van der Waals surface area (Å²) >= 11 is 3.40. The maximum Gasteiger partial charge on any atom is 0.244 e. The lowest BCUT2D eigenvalue weighted by molar-refractivity contribution is -0.117. The molecule has 0 aliphatic heterocycles. The number of benzene rings is 1. The highest BCUT2D eigenvalue weighted by atomic mass is 79.9. The number of amides is 1. The molecule has 0 heterocycles. The highest BCUT2D eigenvalue weighted by Crippen LogP contribution is 2.17. The summed E-state index contributed by atoms with van der Waals surface area (Å²) in [6.07, 6.45) is 3.25. The summed E-state index contributed by atoms with van der Waals surface area (Å²) in [5, 5.41) is 2.88. The molecular formula is C12H14BrNO. The van der Waals surface area contributed by atoms with Crippen molar-refractivity contribution >= 4 is 21.8 Å². The Balaban J connectivity index is 2.68. The van der Waals surface area contributed by atoms with Crippen LogP contribution in [0.1, 0.15) is 25.5 Å². The molecule has 0 saturated heterocycles. The second kappa shape index (κ2) is 5.71. The zero-order valence-corrected chi connectivity index (χ0v) is 10.4. The number of carbonyl (C=O) groups is 1. The van der Waals surface area contributed by atoms with Crippen molar-refractivity contribution in [3.05, 3.63) is 46.5 Å². The third-order valence-corrected chi connectivity index (χ3v) is 2.52. The first kappa shape index (κ1) is 12.0. The van der Waals surface area contributed by atoms with Gasteiger partial charge in [-0.2, -0.15) is 0 Å². The third-order valence-electron chi connectivity index (χ3n) is 2.03. The molecule has 0 bridgehead atoms. The van der Waals surface area contributed by atoms with Crippen LogP contribution in [-0.2, 0) is 4.79 Å². The number of halogens is 1. The number of allylic oxidation sites excluding steroid dienone is 1. The minimum atomic E-state index is -0.0648. The van der Waals surface area contributed by atoms with E-state index in [-0.39, 0.29) is 11.9 Å². The van der Waals surface area contributed by atoms with Gasteiger partial charge in [-0.3, -0.25) is 4.79 Å². The Morgan fingerprint density at radius 2 is 2.27 bits per heavy atom. The van der Waals surface area contributed by atoms with Crippen LogP contribution in [0.15, 0.2) is 40.9 Å². The van der Waals surface area contributed by atoms with Gasteiger partial charge < -0.3 is 5.32 Å². The minimum Gasteiger partial charge on any atom is -0.346 e. The molecule has 0 fully saturated rings. The molecule has 3 heteroatoms. The zero-order valence-electron chi connectivity index (χ0n) is 8.83. The standard InChI is InChI=1S/C12H14BrNO/c1-3-5-12(15)14-9(2)10-6-4-7-11(13)8-10/h3-9H,1-2H3,(H,14,15)/b5-3+/t9-/m0/s1. The molecule has 15 heavy (non-hydrogen) atoms. The normalized spacial score (nSPS) is 12.7. The molecule has 0 radical (unpaired) electrons. The van der Waals surface area contributed by atoms with E-state index in [4.69, 9.17) is 0 Å². The molecule has 80 valence electrons. The predicted molar refractivity (Wildman–Crippen MR) is 65.5 cm³/mol. The quantitative estimate of drug-likeness (QED) is 0.838. The van der Waals surface area contributed by atoms with E-state index in [9.17, 15) is 4.79 Å². The van der Waals surface area contributed by atoms with E-state index in [1.54, 1.807) is 6.08 Å². The summed E-state index contributed by atoms with van der Waals surface area (Å²) in [6.45, 7) is 3.78. The van der Waals surface area contributed by atoms with Crippen LogP contribution in [0.3, 0.4) is 0 Å². The van der Waals surface area contributed by atoms with Gasteiger partial charge in [-0.15, -0.1) is 0 Å². The van der Waals surface area contributed by atoms with Crippen LogP contribution in [0.5, 0.6) is 0 Å². The van der Waals surface area contributed by atoms with Crippen molar-refractivity contribution in [2.24, 2.45) is 0 Å². The van der Waals surface area contributed by atoms with Crippen molar-refractivity contribution in [3.8, 4) is 0 Å². The lowest BCUT2D eigenvalue weighted by Gasteiger charge is -2.13. The van der Waals surface area contributed by atoms with Gasteiger partial charge in [0.2, 0.25) is 5.91 Å². The fourth-order valence-electron chi connectivity index (χ4n) is 1.27. The molecule has 1 N–H and O–H groups in total. The molecule has 0 unspecified atom stereocenters. The van der Waals surface area contributed by atoms with Gasteiger partial charge >= 0.3 is 0 Å². The SMILES string of the molecule is C/C=C/C(=O)N[C@@H](C)c1cccc(Br)c1. The Labute approximate surface area is 98.5 Å². The topological polar surface area (TPSA) is 29.1 Å². The van der Waals surface area contributed by atoms with Gasteiger partial charge in [-0.25, -0.2) is 0 Å². The maximum atomic E-state index is 11.3.